The highest BCUT2D eigenvalue weighted by Crippen LogP contribution is 2.18. The second-order valence-electron chi connectivity index (χ2n) is 2.07. The van der Waals surface area contributed by atoms with Crippen molar-refractivity contribution in [1.82, 2.24) is 10.5 Å². The van der Waals surface area contributed by atoms with Crippen LogP contribution in [0, 0.1) is 0 Å². The molecule has 3 N–H and O–H groups in total. The molecule has 0 fully saturated rings. The minimum absolute atomic E-state index is 0.153. The number of nitrogens with zero attached hydrogens (tertiary/aromatic N) is 1. The van der Waals surface area contributed by atoms with Gasteiger partial charge in [0.1, 0.15) is 10.3 Å². The lowest BCUT2D eigenvalue weighted by atomic mass is 10.4. The second kappa shape index (κ2) is 4.27. The van der Waals surface area contributed by atoms with Crippen molar-refractivity contribution in [2.24, 2.45) is 0 Å². The van der Waals surface area contributed by atoms with Crippen LogP contribution in [0.25, 0.3) is 0 Å². The fourth-order valence-electron chi connectivity index (χ4n) is 0.696. The van der Waals surface area contributed by atoms with Crippen molar-refractivity contribution >= 4 is 34.9 Å². The summed E-state index contributed by atoms with van der Waals surface area (Å²) in [7, 11) is 0. The van der Waals surface area contributed by atoms with Crippen molar-refractivity contribution in [2.45, 2.75) is 0 Å². The molecule has 1 aromatic rings. The van der Waals surface area contributed by atoms with E-state index in [0.29, 0.717) is 5.69 Å². The van der Waals surface area contributed by atoms with Gasteiger partial charge in [0.15, 0.2) is 0 Å². The van der Waals surface area contributed by atoms with E-state index in [0.717, 1.165) is 0 Å². The third-order valence-corrected chi connectivity index (χ3v) is 1.51. The van der Waals surface area contributed by atoms with Crippen LogP contribution in [0.1, 0.15) is 0 Å². The van der Waals surface area contributed by atoms with Gasteiger partial charge in [0, 0.05) is 5.69 Å². The summed E-state index contributed by atoms with van der Waals surface area (Å²) in [5.41, 5.74) is 1.74. The number of anilines is 1. The Balaban J connectivity index is 2.83. The van der Waals surface area contributed by atoms with Gasteiger partial charge in [-0.15, -0.1) is 0 Å². The first-order valence-corrected chi connectivity index (χ1v) is 3.91. The number of rotatable bonds is 1. The Hall–Kier alpha value is -1.04. The number of hydrogen-bond donors (Lipinski definition) is 3. The van der Waals surface area contributed by atoms with Gasteiger partial charge < -0.3 is 5.32 Å². The number of nitrogens with one attached hydrogen (secondary N) is 2. The molecule has 0 aliphatic carbocycles. The first kappa shape index (κ1) is 10.0. The summed E-state index contributed by atoms with van der Waals surface area (Å²) in [6.07, 6.45) is 0. The minimum Gasteiger partial charge on any atom is -0.306 e. The summed E-state index contributed by atoms with van der Waals surface area (Å²) in [6, 6.07) is 2.00. The topological polar surface area (TPSA) is 74.2 Å². The summed E-state index contributed by atoms with van der Waals surface area (Å²) in [5.74, 6) is 0. The SMILES string of the molecule is O=C(NO)Nc1cc(Cl)nc(Cl)c1. The lowest BCUT2D eigenvalue weighted by molar-refractivity contribution is 0.172. The van der Waals surface area contributed by atoms with Crippen molar-refractivity contribution in [3.63, 3.8) is 0 Å². The molecular weight excluding hydrogens is 217 g/mol. The highest BCUT2D eigenvalue weighted by atomic mass is 35.5. The molecule has 0 saturated carbocycles. The van der Waals surface area contributed by atoms with Crippen LogP contribution in [0.15, 0.2) is 12.1 Å². The number of urea groups is 1. The van der Waals surface area contributed by atoms with E-state index in [4.69, 9.17) is 28.4 Å². The summed E-state index contributed by atoms with van der Waals surface area (Å²) in [6.45, 7) is 0. The molecule has 0 atom stereocenters. The van der Waals surface area contributed by atoms with Gasteiger partial charge in [0.2, 0.25) is 0 Å². The predicted molar refractivity (Wildman–Crippen MR) is 48.2 cm³/mol. The van der Waals surface area contributed by atoms with Crippen molar-refractivity contribution in [1.29, 1.82) is 0 Å². The Kier molecular flexibility index (Phi) is 3.30. The van der Waals surface area contributed by atoms with E-state index < -0.39 is 6.03 Å². The first-order chi connectivity index (χ1) is 6.11. The van der Waals surface area contributed by atoms with Crippen LogP contribution in [0.4, 0.5) is 10.5 Å². The van der Waals surface area contributed by atoms with Crippen molar-refractivity contribution < 1.29 is 10.0 Å². The van der Waals surface area contributed by atoms with Gasteiger partial charge in [-0.05, 0) is 12.1 Å². The highest BCUT2D eigenvalue weighted by Gasteiger charge is 2.02. The number of hydroxylamine groups is 1. The molecule has 0 radical (unpaired) electrons. The molecule has 1 heterocycles. The van der Waals surface area contributed by atoms with Crippen LogP contribution in [0.3, 0.4) is 0 Å². The van der Waals surface area contributed by atoms with Gasteiger partial charge in [-0.1, -0.05) is 23.2 Å². The molecule has 0 unspecified atom stereocenters. The maximum atomic E-state index is 10.6. The number of amides is 2. The number of carbonyl (C=O) groups is 1. The highest BCUT2D eigenvalue weighted by molar-refractivity contribution is 6.32. The van der Waals surface area contributed by atoms with Crippen LogP contribution in [-0.4, -0.2) is 16.2 Å². The smallest absolute Gasteiger partial charge is 0.306 e. The van der Waals surface area contributed by atoms with Crippen molar-refractivity contribution in [3.05, 3.63) is 22.4 Å². The Morgan fingerprint density at radius 1 is 1.38 bits per heavy atom. The number of aromatic nitrogens is 1. The quantitative estimate of drug-likeness (QED) is 0.386. The molecule has 1 aromatic heterocycles. The van der Waals surface area contributed by atoms with Gasteiger partial charge in [-0.25, -0.2) is 15.3 Å². The van der Waals surface area contributed by atoms with E-state index in [1.165, 1.54) is 17.6 Å². The monoisotopic (exact) mass is 221 g/mol. The maximum absolute atomic E-state index is 10.6. The third kappa shape index (κ3) is 3.06. The second-order valence-corrected chi connectivity index (χ2v) is 2.84. The fraction of sp³-hybridized carbons (Fsp3) is 0. The van der Waals surface area contributed by atoms with Crippen LogP contribution >= 0.6 is 23.2 Å². The van der Waals surface area contributed by atoms with E-state index >= 15 is 0 Å². The summed E-state index contributed by atoms with van der Waals surface area (Å²) < 4.78 is 0. The van der Waals surface area contributed by atoms with Crippen LogP contribution in [-0.2, 0) is 0 Å². The molecule has 2 amide bonds. The number of pyridine rings is 1. The van der Waals surface area contributed by atoms with E-state index in [2.05, 4.69) is 10.3 Å². The number of halogens is 2. The molecule has 1 rings (SSSR count). The van der Waals surface area contributed by atoms with Crippen molar-refractivity contribution in [2.75, 3.05) is 5.32 Å². The Labute approximate surface area is 83.6 Å². The Morgan fingerprint density at radius 3 is 2.38 bits per heavy atom. The molecule has 0 aliphatic heterocycles. The zero-order valence-electron chi connectivity index (χ0n) is 6.21. The fourth-order valence-corrected chi connectivity index (χ4v) is 1.16. The zero-order valence-corrected chi connectivity index (χ0v) is 7.73. The van der Waals surface area contributed by atoms with Crippen molar-refractivity contribution in [3.8, 4) is 0 Å². The maximum Gasteiger partial charge on any atom is 0.342 e. The van der Waals surface area contributed by atoms with E-state index in [9.17, 15) is 4.79 Å². The molecule has 0 spiro atoms. The number of hydrogen-bond acceptors (Lipinski definition) is 3. The van der Waals surface area contributed by atoms with Gasteiger partial charge in [0.05, 0.1) is 0 Å². The van der Waals surface area contributed by atoms with Crippen LogP contribution in [0.5, 0.6) is 0 Å². The van der Waals surface area contributed by atoms with Gasteiger partial charge in [0.25, 0.3) is 0 Å². The summed E-state index contributed by atoms with van der Waals surface area (Å²) >= 11 is 11.1. The minimum atomic E-state index is -0.779. The van der Waals surface area contributed by atoms with Gasteiger partial charge >= 0.3 is 6.03 Å². The summed E-state index contributed by atoms with van der Waals surface area (Å²) in [5, 5.41) is 10.8. The molecule has 0 bridgehead atoms. The van der Waals surface area contributed by atoms with E-state index in [1.807, 2.05) is 0 Å². The lowest BCUT2D eigenvalue weighted by Gasteiger charge is -2.03. The molecule has 0 aliphatic rings. The zero-order chi connectivity index (χ0) is 9.84. The van der Waals surface area contributed by atoms with E-state index in [-0.39, 0.29) is 10.3 Å². The van der Waals surface area contributed by atoms with E-state index in [1.54, 1.807) is 0 Å². The molecule has 7 heteroatoms. The number of carbonyl (C=O) groups excluding carboxylic acids is 1. The molecule has 0 aromatic carbocycles. The predicted octanol–water partition coefficient (Wildman–Crippen LogP) is 1.90. The summed E-state index contributed by atoms with van der Waals surface area (Å²) in [4.78, 5) is 14.3. The third-order valence-electron chi connectivity index (χ3n) is 1.12. The molecule has 5 nitrogen and oxygen atoms in total. The largest absolute Gasteiger partial charge is 0.342 e. The molecule has 70 valence electrons. The first-order valence-electron chi connectivity index (χ1n) is 3.16. The molecule has 13 heavy (non-hydrogen) atoms. The Morgan fingerprint density at radius 2 is 1.92 bits per heavy atom. The van der Waals surface area contributed by atoms with Crippen LogP contribution < -0.4 is 10.8 Å². The molecular formula is C6H5Cl2N3O2. The molecule has 0 saturated heterocycles. The average molecular weight is 222 g/mol. The van der Waals surface area contributed by atoms with Gasteiger partial charge in [-0.2, -0.15) is 0 Å². The normalized spacial score (nSPS) is 9.46. The Bertz CT molecular complexity index is 311. The standard InChI is InChI=1S/C6H5Cl2N3O2/c7-4-1-3(2-5(8)10-4)9-6(12)11-13/h1-2,13H,(H2,9,10,11,12). The lowest BCUT2D eigenvalue weighted by Crippen LogP contribution is -2.25. The van der Waals surface area contributed by atoms with Gasteiger partial charge in [-0.3, -0.25) is 5.21 Å². The average Bonchev–Trinajstić information content (AvgIpc) is 2.02. The van der Waals surface area contributed by atoms with Crippen LogP contribution in [0.2, 0.25) is 10.3 Å².